The maximum atomic E-state index is 12.0. The lowest BCUT2D eigenvalue weighted by Gasteiger charge is -2.24. The van der Waals surface area contributed by atoms with E-state index in [4.69, 9.17) is 9.47 Å². The molecule has 0 aliphatic heterocycles. The molecular weight excluding hydrogens is 256 g/mol. The maximum absolute atomic E-state index is 12.0. The third kappa shape index (κ3) is 4.68. The maximum Gasteiger partial charge on any atom is 0.314 e. The molecule has 0 saturated carbocycles. The number of hydrogen-bond donors (Lipinski definition) is 0. The first-order valence-corrected chi connectivity index (χ1v) is 6.68. The van der Waals surface area contributed by atoms with Crippen molar-refractivity contribution in [1.29, 1.82) is 0 Å². The van der Waals surface area contributed by atoms with Crippen LogP contribution in [0.25, 0.3) is 0 Å². The van der Waals surface area contributed by atoms with Crippen molar-refractivity contribution in [1.82, 2.24) is 0 Å². The largest absolute Gasteiger partial charge is 0.420 e. The van der Waals surface area contributed by atoms with E-state index in [2.05, 4.69) is 0 Å². The normalized spacial score (nSPS) is 12.9. The van der Waals surface area contributed by atoms with E-state index in [1.807, 2.05) is 6.07 Å². The molecule has 0 spiro atoms. The van der Waals surface area contributed by atoms with Crippen LogP contribution in [0.15, 0.2) is 30.3 Å². The summed E-state index contributed by atoms with van der Waals surface area (Å²) in [5.41, 5.74) is -0.0174. The van der Waals surface area contributed by atoms with Gasteiger partial charge < -0.3 is 9.47 Å². The Labute approximate surface area is 120 Å². The van der Waals surface area contributed by atoms with Crippen LogP contribution < -0.4 is 0 Å². The molecule has 0 heterocycles. The number of rotatable bonds is 4. The van der Waals surface area contributed by atoms with Gasteiger partial charge in [0.2, 0.25) is 0 Å². The van der Waals surface area contributed by atoms with Crippen molar-refractivity contribution < 1.29 is 19.1 Å². The SMILES string of the molecule is CC(C)C(=O)OC(OC(=O)C(C)(C)C)c1ccccc1. The van der Waals surface area contributed by atoms with Gasteiger partial charge in [-0.3, -0.25) is 9.59 Å². The van der Waals surface area contributed by atoms with Crippen molar-refractivity contribution in [2.24, 2.45) is 11.3 Å². The Balaban J connectivity index is 2.91. The molecule has 1 rings (SSSR count). The fourth-order valence-electron chi connectivity index (χ4n) is 1.29. The van der Waals surface area contributed by atoms with Gasteiger partial charge in [-0.25, -0.2) is 0 Å². The molecule has 0 radical (unpaired) electrons. The third-order valence-corrected chi connectivity index (χ3v) is 2.59. The summed E-state index contributed by atoms with van der Waals surface area (Å²) >= 11 is 0. The van der Waals surface area contributed by atoms with Gasteiger partial charge in [-0.15, -0.1) is 0 Å². The second-order valence-corrected chi connectivity index (χ2v) is 5.99. The highest BCUT2D eigenvalue weighted by molar-refractivity contribution is 5.76. The molecule has 1 atom stereocenters. The highest BCUT2D eigenvalue weighted by atomic mass is 16.7. The number of hydrogen-bond acceptors (Lipinski definition) is 4. The molecule has 0 aliphatic carbocycles. The molecular formula is C16H22O4. The number of ether oxygens (including phenoxy) is 2. The Hall–Kier alpha value is -1.84. The van der Waals surface area contributed by atoms with Crippen LogP contribution in [-0.4, -0.2) is 11.9 Å². The quantitative estimate of drug-likeness (QED) is 0.625. The summed E-state index contributed by atoms with van der Waals surface area (Å²) in [6.45, 7) is 8.72. The highest BCUT2D eigenvalue weighted by Crippen LogP contribution is 2.25. The Kier molecular flexibility index (Phi) is 5.31. The van der Waals surface area contributed by atoms with Crippen molar-refractivity contribution in [2.45, 2.75) is 40.9 Å². The van der Waals surface area contributed by atoms with E-state index in [0.29, 0.717) is 5.56 Å². The lowest BCUT2D eigenvalue weighted by Crippen LogP contribution is -2.27. The minimum Gasteiger partial charge on any atom is -0.420 e. The predicted molar refractivity (Wildman–Crippen MR) is 75.7 cm³/mol. The molecule has 4 heteroatoms. The van der Waals surface area contributed by atoms with Crippen LogP contribution in [0.5, 0.6) is 0 Å². The summed E-state index contributed by atoms with van der Waals surface area (Å²) in [7, 11) is 0. The van der Waals surface area contributed by atoms with Gasteiger partial charge in [-0.1, -0.05) is 44.2 Å². The molecule has 0 aliphatic rings. The summed E-state index contributed by atoms with van der Waals surface area (Å²) in [5, 5.41) is 0. The van der Waals surface area contributed by atoms with E-state index in [0.717, 1.165) is 0 Å². The zero-order valence-electron chi connectivity index (χ0n) is 12.7. The molecule has 0 N–H and O–H groups in total. The van der Waals surface area contributed by atoms with E-state index < -0.39 is 23.6 Å². The fraction of sp³-hybridized carbons (Fsp3) is 0.500. The zero-order chi connectivity index (χ0) is 15.3. The van der Waals surface area contributed by atoms with Crippen molar-refractivity contribution in [3.05, 3.63) is 35.9 Å². The van der Waals surface area contributed by atoms with Gasteiger partial charge in [0.1, 0.15) is 0 Å². The van der Waals surface area contributed by atoms with E-state index in [1.165, 1.54) is 0 Å². The van der Waals surface area contributed by atoms with Gasteiger partial charge in [0.05, 0.1) is 11.3 Å². The average Bonchev–Trinajstić information content (AvgIpc) is 2.37. The van der Waals surface area contributed by atoms with Gasteiger partial charge >= 0.3 is 11.9 Å². The number of esters is 2. The zero-order valence-corrected chi connectivity index (χ0v) is 12.7. The minimum atomic E-state index is -1.00. The Morgan fingerprint density at radius 1 is 1.00 bits per heavy atom. The Morgan fingerprint density at radius 3 is 2.00 bits per heavy atom. The highest BCUT2D eigenvalue weighted by Gasteiger charge is 2.29. The first-order valence-electron chi connectivity index (χ1n) is 6.68. The van der Waals surface area contributed by atoms with Crippen LogP contribution in [0.4, 0.5) is 0 Å². The second kappa shape index (κ2) is 6.55. The van der Waals surface area contributed by atoms with Gasteiger partial charge in [0, 0.05) is 5.56 Å². The summed E-state index contributed by atoms with van der Waals surface area (Å²) in [5.74, 6) is -1.10. The molecule has 0 saturated heterocycles. The van der Waals surface area contributed by atoms with Crippen molar-refractivity contribution in [3.63, 3.8) is 0 Å². The standard InChI is InChI=1S/C16H22O4/c1-11(2)13(17)19-14(12-9-7-6-8-10-12)20-15(18)16(3,4)5/h6-11,14H,1-5H3. The number of carbonyl (C=O) groups excluding carboxylic acids is 2. The topological polar surface area (TPSA) is 52.6 Å². The summed E-state index contributed by atoms with van der Waals surface area (Å²) in [4.78, 5) is 23.7. The third-order valence-electron chi connectivity index (χ3n) is 2.59. The number of carbonyl (C=O) groups is 2. The summed E-state index contributed by atoms with van der Waals surface area (Å²) in [6.07, 6.45) is -1.00. The lowest BCUT2D eigenvalue weighted by atomic mass is 9.97. The molecule has 4 nitrogen and oxygen atoms in total. The summed E-state index contributed by atoms with van der Waals surface area (Å²) in [6, 6.07) is 8.96. The van der Waals surface area contributed by atoms with Gasteiger partial charge in [-0.2, -0.15) is 0 Å². The molecule has 1 aromatic rings. The van der Waals surface area contributed by atoms with Gasteiger partial charge in [0.25, 0.3) is 6.29 Å². The van der Waals surface area contributed by atoms with Crippen LogP contribution in [0, 0.1) is 11.3 Å². The molecule has 1 aromatic carbocycles. The van der Waals surface area contributed by atoms with E-state index in [1.54, 1.807) is 58.9 Å². The van der Waals surface area contributed by atoms with Crippen molar-refractivity contribution in [3.8, 4) is 0 Å². The molecule has 1 unspecified atom stereocenters. The number of benzene rings is 1. The van der Waals surface area contributed by atoms with Crippen molar-refractivity contribution >= 4 is 11.9 Å². The first kappa shape index (κ1) is 16.2. The van der Waals surface area contributed by atoms with E-state index in [-0.39, 0.29) is 5.92 Å². The summed E-state index contributed by atoms with van der Waals surface area (Å²) < 4.78 is 10.6. The van der Waals surface area contributed by atoms with E-state index >= 15 is 0 Å². The fourth-order valence-corrected chi connectivity index (χ4v) is 1.29. The first-order chi connectivity index (χ1) is 9.21. The second-order valence-electron chi connectivity index (χ2n) is 5.99. The molecule has 20 heavy (non-hydrogen) atoms. The Morgan fingerprint density at radius 2 is 1.55 bits per heavy atom. The smallest absolute Gasteiger partial charge is 0.314 e. The predicted octanol–water partition coefficient (Wildman–Crippen LogP) is 3.47. The Bertz CT molecular complexity index is 457. The van der Waals surface area contributed by atoms with Crippen LogP contribution in [0.3, 0.4) is 0 Å². The van der Waals surface area contributed by atoms with Crippen molar-refractivity contribution in [2.75, 3.05) is 0 Å². The molecule has 0 aromatic heterocycles. The minimum absolute atomic E-state index is 0.283. The van der Waals surface area contributed by atoms with Gasteiger partial charge in [0.15, 0.2) is 0 Å². The van der Waals surface area contributed by atoms with E-state index in [9.17, 15) is 9.59 Å². The molecule has 0 fully saturated rings. The van der Waals surface area contributed by atoms with Crippen LogP contribution >= 0.6 is 0 Å². The average molecular weight is 278 g/mol. The van der Waals surface area contributed by atoms with Crippen LogP contribution in [0.2, 0.25) is 0 Å². The van der Waals surface area contributed by atoms with Crippen LogP contribution in [0.1, 0.15) is 46.5 Å². The molecule has 0 bridgehead atoms. The monoisotopic (exact) mass is 278 g/mol. The van der Waals surface area contributed by atoms with Gasteiger partial charge in [-0.05, 0) is 20.8 Å². The molecule has 110 valence electrons. The van der Waals surface area contributed by atoms with Crippen LogP contribution in [-0.2, 0) is 19.1 Å². The lowest BCUT2D eigenvalue weighted by molar-refractivity contribution is -0.197. The molecule has 0 amide bonds.